The van der Waals surface area contributed by atoms with Crippen molar-refractivity contribution in [2.75, 3.05) is 39.6 Å². The molecule has 0 aromatic rings. The maximum atomic E-state index is 13.1. The van der Waals surface area contributed by atoms with E-state index in [1.165, 1.54) is 244 Å². The molecule has 0 spiro atoms. The number of hydrogen-bond donors (Lipinski definition) is 3. The van der Waals surface area contributed by atoms with Crippen molar-refractivity contribution in [1.29, 1.82) is 0 Å². The molecule has 0 saturated heterocycles. The molecule has 0 amide bonds. The van der Waals surface area contributed by atoms with Crippen LogP contribution in [0.3, 0.4) is 0 Å². The molecule has 0 aromatic carbocycles. The van der Waals surface area contributed by atoms with E-state index in [1.807, 2.05) is 0 Å². The van der Waals surface area contributed by atoms with Gasteiger partial charge in [0.15, 0.2) is 12.2 Å². The molecule has 0 saturated carbocycles. The summed E-state index contributed by atoms with van der Waals surface area (Å²) < 4.78 is 68.7. The Bertz CT molecular complexity index is 1930. The number of esters is 4. The maximum absolute atomic E-state index is 13.1. The Hall–Kier alpha value is -1.94. The van der Waals surface area contributed by atoms with Crippen LogP contribution >= 0.6 is 15.6 Å². The Morgan fingerprint density at radius 1 is 0.290 bits per heavy atom. The van der Waals surface area contributed by atoms with Gasteiger partial charge in [-0.2, -0.15) is 0 Å². The molecule has 3 unspecified atom stereocenters. The second-order valence-electron chi connectivity index (χ2n) is 29.9. The highest BCUT2D eigenvalue weighted by Gasteiger charge is 2.30. The van der Waals surface area contributed by atoms with Crippen LogP contribution in [0.25, 0.3) is 0 Å². The lowest BCUT2D eigenvalue weighted by Crippen LogP contribution is -2.30. The monoisotopic (exact) mass is 1470 g/mol. The second-order valence-corrected chi connectivity index (χ2v) is 32.8. The van der Waals surface area contributed by atoms with Crippen LogP contribution in [0.2, 0.25) is 0 Å². The van der Waals surface area contributed by atoms with E-state index in [2.05, 4.69) is 41.5 Å². The van der Waals surface area contributed by atoms with Gasteiger partial charge in [-0.25, -0.2) is 9.13 Å². The van der Waals surface area contributed by atoms with Gasteiger partial charge in [-0.15, -0.1) is 0 Å². The van der Waals surface area contributed by atoms with Crippen LogP contribution in [-0.2, 0) is 65.4 Å². The van der Waals surface area contributed by atoms with Crippen molar-refractivity contribution in [1.82, 2.24) is 0 Å². The normalized spacial score (nSPS) is 14.2. The van der Waals surface area contributed by atoms with Crippen LogP contribution in [0.5, 0.6) is 0 Å². The van der Waals surface area contributed by atoms with E-state index in [0.717, 1.165) is 102 Å². The van der Waals surface area contributed by atoms with Gasteiger partial charge in [0.2, 0.25) is 0 Å². The van der Waals surface area contributed by atoms with E-state index in [0.29, 0.717) is 25.7 Å². The van der Waals surface area contributed by atoms with Gasteiger partial charge in [0.1, 0.15) is 19.3 Å². The number of unbranched alkanes of at least 4 members (excludes halogenated alkanes) is 49. The van der Waals surface area contributed by atoms with E-state index < -0.39 is 97.5 Å². The fraction of sp³-hybridized carbons (Fsp3) is 0.951. The van der Waals surface area contributed by atoms with E-state index in [9.17, 15) is 43.2 Å². The summed E-state index contributed by atoms with van der Waals surface area (Å²) in [6, 6.07) is 0. The van der Waals surface area contributed by atoms with Crippen molar-refractivity contribution in [3.63, 3.8) is 0 Å². The number of hydrogen-bond acceptors (Lipinski definition) is 15. The Balaban J connectivity index is 5.23. The summed E-state index contributed by atoms with van der Waals surface area (Å²) in [5, 5.41) is 10.6. The van der Waals surface area contributed by atoms with Crippen molar-refractivity contribution in [2.24, 2.45) is 11.8 Å². The summed E-state index contributed by atoms with van der Waals surface area (Å²) >= 11 is 0. The molecule has 0 rings (SSSR count). The minimum atomic E-state index is -4.96. The average Bonchev–Trinajstić information content (AvgIpc) is 1.23. The zero-order valence-electron chi connectivity index (χ0n) is 65.5. The standard InChI is InChI=1S/C81H158O17P2/c1-7-10-12-14-16-18-20-22-24-25-26-27-28-29-30-32-34-40-48-54-60-66-81(86)97-76(69-91-78(83)63-57-51-45-38-36-35-37-44-50-56-62-74(6)9-3)71-95-99(87,88)93-67-75(82)68-94-100(89,90)96-72-77(70-92-79(84)64-58-52-46-42-41-43-49-55-61-73(4)5)98-80(85)65-59-53-47-39-33-31-23-21-19-17-15-13-11-8-2/h73-77,82H,7-72H2,1-6H3,(H,87,88)(H,89,90)/t74?,75-,76-,77-/m1/s1. The van der Waals surface area contributed by atoms with Gasteiger partial charge in [0.25, 0.3) is 0 Å². The molecule has 0 aromatic heterocycles. The number of aliphatic hydroxyl groups excluding tert-OH is 1. The molecule has 6 atom stereocenters. The van der Waals surface area contributed by atoms with Crippen LogP contribution in [0.1, 0.15) is 427 Å². The highest BCUT2D eigenvalue weighted by atomic mass is 31.2. The molecule has 0 fully saturated rings. The zero-order valence-corrected chi connectivity index (χ0v) is 67.3. The molecule has 0 heterocycles. The highest BCUT2D eigenvalue weighted by molar-refractivity contribution is 7.47. The first-order valence-corrected chi connectivity index (χ1v) is 45.0. The van der Waals surface area contributed by atoms with Gasteiger partial charge in [-0.3, -0.25) is 37.3 Å². The van der Waals surface area contributed by atoms with Crippen LogP contribution in [0, 0.1) is 11.8 Å². The van der Waals surface area contributed by atoms with Crippen LogP contribution in [-0.4, -0.2) is 96.7 Å². The van der Waals surface area contributed by atoms with Crippen LogP contribution in [0.4, 0.5) is 0 Å². The number of phosphoric ester groups is 2. The predicted octanol–water partition coefficient (Wildman–Crippen LogP) is 24.3. The first-order valence-electron chi connectivity index (χ1n) is 42.0. The van der Waals surface area contributed by atoms with Crippen LogP contribution in [0.15, 0.2) is 0 Å². The minimum absolute atomic E-state index is 0.107. The van der Waals surface area contributed by atoms with Crippen LogP contribution < -0.4 is 0 Å². The molecule has 17 nitrogen and oxygen atoms in total. The number of carbonyl (C=O) groups excluding carboxylic acids is 4. The minimum Gasteiger partial charge on any atom is -0.462 e. The number of carbonyl (C=O) groups is 4. The quantitative estimate of drug-likeness (QED) is 0.0222. The van der Waals surface area contributed by atoms with Gasteiger partial charge in [-0.05, 0) is 37.5 Å². The van der Waals surface area contributed by atoms with E-state index in [4.69, 9.17) is 37.0 Å². The van der Waals surface area contributed by atoms with Crippen molar-refractivity contribution >= 4 is 39.5 Å². The summed E-state index contributed by atoms with van der Waals surface area (Å²) in [4.78, 5) is 73.0. The lowest BCUT2D eigenvalue weighted by atomic mass is 9.99. The van der Waals surface area contributed by atoms with Gasteiger partial charge in [-0.1, -0.05) is 375 Å². The summed E-state index contributed by atoms with van der Waals surface area (Å²) in [5.74, 6) is -0.573. The first-order chi connectivity index (χ1) is 48.4. The molecule has 0 aliphatic heterocycles. The van der Waals surface area contributed by atoms with Crippen molar-refractivity contribution < 1.29 is 80.2 Å². The highest BCUT2D eigenvalue weighted by Crippen LogP contribution is 2.45. The fourth-order valence-corrected chi connectivity index (χ4v) is 14.1. The Morgan fingerprint density at radius 2 is 0.510 bits per heavy atom. The average molecular weight is 1470 g/mol. The van der Waals surface area contributed by atoms with Gasteiger partial charge < -0.3 is 33.8 Å². The zero-order chi connectivity index (χ0) is 73.5. The molecule has 3 N–H and O–H groups in total. The van der Waals surface area contributed by atoms with E-state index in [1.54, 1.807) is 0 Å². The van der Waals surface area contributed by atoms with Crippen molar-refractivity contribution in [2.45, 2.75) is 445 Å². The Labute approximate surface area is 613 Å². The molecular formula is C81H158O17P2. The first kappa shape index (κ1) is 98.1. The third-order valence-corrected chi connectivity index (χ3v) is 21.2. The van der Waals surface area contributed by atoms with E-state index >= 15 is 0 Å². The van der Waals surface area contributed by atoms with Gasteiger partial charge in [0.05, 0.1) is 26.4 Å². The fourth-order valence-electron chi connectivity index (χ4n) is 12.5. The van der Waals surface area contributed by atoms with E-state index in [-0.39, 0.29) is 25.7 Å². The third-order valence-electron chi connectivity index (χ3n) is 19.3. The smallest absolute Gasteiger partial charge is 0.462 e. The Kier molecular flexibility index (Phi) is 71.2. The number of ether oxygens (including phenoxy) is 4. The summed E-state index contributed by atoms with van der Waals surface area (Å²) in [7, 11) is -9.92. The topological polar surface area (TPSA) is 237 Å². The predicted molar refractivity (Wildman–Crippen MR) is 409 cm³/mol. The molecular weight excluding hydrogens is 1310 g/mol. The molecule has 594 valence electrons. The summed E-state index contributed by atoms with van der Waals surface area (Å²) in [6.07, 6.45) is 62.4. The summed E-state index contributed by atoms with van der Waals surface area (Å²) in [6.45, 7) is 9.63. The SMILES string of the molecule is CCCCCCCCCCCCCCCCCCCCCCCC(=O)O[C@H](COC(=O)CCCCCCCCCCCCC(C)CC)COP(=O)(O)OC[C@@H](O)COP(=O)(O)OC[C@@H](COC(=O)CCCCCCCCCCC(C)C)OC(=O)CCCCCCCCCCCCCCCC. The van der Waals surface area contributed by atoms with Gasteiger partial charge >= 0.3 is 39.5 Å². The largest absolute Gasteiger partial charge is 0.472 e. The second kappa shape index (κ2) is 72.6. The molecule has 0 radical (unpaired) electrons. The Morgan fingerprint density at radius 3 is 0.760 bits per heavy atom. The number of aliphatic hydroxyl groups is 1. The van der Waals surface area contributed by atoms with Gasteiger partial charge in [0, 0.05) is 25.7 Å². The van der Waals surface area contributed by atoms with Crippen molar-refractivity contribution in [3.05, 3.63) is 0 Å². The number of phosphoric acid groups is 2. The number of rotatable bonds is 80. The molecule has 0 aliphatic rings. The molecule has 0 aliphatic carbocycles. The maximum Gasteiger partial charge on any atom is 0.472 e. The molecule has 19 heteroatoms. The molecule has 0 bridgehead atoms. The lowest BCUT2D eigenvalue weighted by Gasteiger charge is -2.21. The summed E-state index contributed by atoms with van der Waals surface area (Å²) in [5.41, 5.74) is 0. The lowest BCUT2D eigenvalue weighted by molar-refractivity contribution is -0.161. The third kappa shape index (κ3) is 73.0. The molecule has 100 heavy (non-hydrogen) atoms. The van der Waals surface area contributed by atoms with Crippen molar-refractivity contribution in [3.8, 4) is 0 Å².